The van der Waals surface area contributed by atoms with Gasteiger partial charge in [-0.2, -0.15) is 0 Å². The minimum absolute atomic E-state index is 0.204. The van der Waals surface area contributed by atoms with E-state index < -0.39 is 29.0 Å². The van der Waals surface area contributed by atoms with Gasteiger partial charge in [-0.1, -0.05) is 0 Å². The summed E-state index contributed by atoms with van der Waals surface area (Å²) in [6.07, 6.45) is -0.165. The first-order valence-corrected chi connectivity index (χ1v) is 6.53. The number of aliphatic carboxylic acids is 1. The van der Waals surface area contributed by atoms with Gasteiger partial charge in [0.15, 0.2) is 0 Å². The number of piperidine rings is 1. The first-order valence-electron chi connectivity index (χ1n) is 6.53. The van der Waals surface area contributed by atoms with E-state index in [1.54, 1.807) is 20.8 Å². The van der Waals surface area contributed by atoms with Gasteiger partial charge in [0.05, 0.1) is 5.60 Å². The van der Waals surface area contributed by atoms with Crippen LogP contribution in [0.4, 0.5) is 4.79 Å². The summed E-state index contributed by atoms with van der Waals surface area (Å²) in [6.45, 7) is 5.91. The van der Waals surface area contributed by atoms with Crippen LogP contribution in [-0.2, 0) is 9.53 Å². The number of nitrogens with zero attached hydrogens (tertiary/aromatic N) is 1. The van der Waals surface area contributed by atoms with Crippen molar-refractivity contribution in [2.75, 3.05) is 13.1 Å². The summed E-state index contributed by atoms with van der Waals surface area (Å²) in [5.74, 6) is -1.33. The Bertz CT molecular complexity index is 405. The number of likely N-dealkylation sites (tertiary alicyclic amines) is 1. The fourth-order valence-electron chi connectivity index (χ4n) is 2.01. The molecule has 1 saturated heterocycles. The van der Waals surface area contributed by atoms with E-state index in [2.05, 4.69) is 0 Å². The van der Waals surface area contributed by atoms with Gasteiger partial charge in [0, 0.05) is 19.5 Å². The van der Waals surface area contributed by atoms with E-state index in [1.165, 1.54) is 4.90 Å². The van der Waals surface area contributed by atoms with Crippen LogP contribution in [0.15, 0.2) is 0 Å². The fourth-order valence-corrected chi connectivity index (χ4v) is 2.01. The molecule has 0 aromatic heterocycles. The van der Waals surface area contributed by atoms with Gasteiger partial charge < -0.3 is 19.8 Å². The van der Waals surface area contributed by atoms with E-state index in [0.717, 1.165) is 0 Å². The summed E-state index contributed by atoms with van der Waals surface area (Å²) in [5, 5.41) is 26.2. The Morgan fingerprint density at radius 2 is 1.80 bits per heavy atom. The molecule has 7 nitrogen and oxygen atoms in total. The first kappa shape index (κ1) is 16.4. The van der Waals surface area contributed by atoms with Crippen molar-refractivity contribution in [2.45, 2.75) is 51.2 Å². The molecule has 3 N–H and O–H groups in total. The minimum Gasteiger partial charge on any atom is -0.477 e. The van der Waals surface area contributed by atoms with Crippen molar-refractivity contribution in [3.05, 3.63) is 0 Å². The number of ether oxygens (including phenoxy) is 1. The molecule has 1 fully saturated rings. The number of aliphatic hydroxyl groups is 1. The highest BCUT2D eigenvalue weighted by Gasteiger charge is 2.37. The van der Waals surface area contributed by atoms with Gasteiger partial charge in [-0.05, 0) is 33.6 Å². The quantitative estimate of drug-likeness (QED) is 0.676. The second kappa shape index (κ2) is 5.78. The second-order valence-corrected chi connectivity index (χ2v) is 6.15. The zero-order valence-corrected chi connectivity index (χ0v) is 12.1. The van der Waals surface area contributed by atoms with Gasteiger partial charge in [0.25, 0.3) is 0 Å². The zero-order chi connectivity index (χ0) is 15.6. The van der Waals surface area contributed by atoms with Crippen molar-refractivity contribution in [3.63, 3.8) is 0 Å². The van der Waals surface area contributed by atoms with Crippen LogP contribution < -0.4 is 0 Å². The van der Waals surface area contributed by atoms with Crippen molar-refractivity contribution in [2.24, 2.45) is 0 Å². The summed E-state index contributed by atoms with van der Waals surface area (Å²) in [6, 6.07) is 0. The molecule has 1 amide bonds. The van der Waals surface area contributed by atoms with Crippen LogP contribution in [0.5, 0.6) is 0 Å². The van der Waals surface area contributed by atoms with E-state index in [-0.39, 0.29) is 32.4 Å². The number of rotatable bonds is 3. The zero-order valence-electron chi connectivity index (χ0n) is 12.1. The number of amides is 1. The van der Waals surface area contributed by atoms with Gasteiger partial charge in [0.1, 0.15) is 11.3 Å². The summed E-state index contributed by atoms with van der Waals surface area (Å²) < 4.78 is 5.23. The van der Waals surface area contributed by atoms with Crippen molar-refractivity contribution in [3.8, 4) is 0 Å². The van der Waals surface area contributed by atoms with E-state index in [4.69, 9.17) is 15.3 Å². The third-order valence-corrected chi connectivity index (χ3v) is 3.11. The average molecular weight is 286 g/mol. The molecule has 1 aliphatic heterocycles. The lowest BCUT2D eigenvalue weighted by atomic mass is 9.86. The maximum absolute atomic E-state index is 11.8. The largest absolute Gasteiger partial charge is 0.477 e. The molecule has 1 rings (SSSR count). The molecule has 0 aromatic carbocycles. The van der Waals surface area contributed by atoms with Crippen molar-refractivity contribution < 1.29 is 24.5 Å². The van der Waals surface area contributed by atoms with Crippen LogP contribution in [0.25, 0.3) is 0 Å². The number of carboxylic acids is 1. The van der Waals surface area contributed by atoms with Crippen LogP contribution in [-0.4, -0.2) is 57.2 Å². The molecular weight excluding hydrogens is 264 g/mol. The van der Waals surface area contributed by atoms with Crippen LogP contribution in [0.2, 0.25) is 0 Å². The summed E-state index contributed by atoms with van der Waals surface area (Å²) >= 11 is 0. The van der Waals surface area contributed by atoms with Crippen LogP contribution >= 0.6 is 0 Å². The van der Waals surface area contributed by atoms with Gasteiger partial charge >= 0.3 is 12.1 Å². The summed E-state index contributed by atoms with van der Waals surface area (Å²) in [4.78, 5) is 24.0. The van der Waals surface area contributed by atoms with Crippen molar-refractivity contribution in [1.82, 2.24) is 4.90 Å². The van der Waals surface area contributed by atoms with Crippen LogP contribution in [0.3, 0.4) is 0 Å². The normalized spacial score (nSPS) is 18.5. The van der Waals surface area contributed by atoms with Gasteiger partial charge in [-0.25, -0.2) is 9.59 Å². The highest BCUT2D eigenvalue weighted by atomic mass is 16.6. The molecule has 0 atom stereocenters. The van der Waals surface area contributed by atoms with E-state index in [9.17, 15) is 14.7 Å². The third kappa shape index (κ3) is 4.80. The Morgan fingerprint density at radius 1 is 1.30 bits per heavy atom. The molecule has 0 spiro atoms. The maximum Gasteiger partial charge on any atom is 0.410 e. The smallest absolute Gasteiger partial charge is 0.410 e. The fraction of sp³-hybridized carbons (Fsp3) is 0.769. The Morgan fingerprint density at radius 3 is 2.20 bits per heavy atom. The molecule has 0 unspecified atom stereocenters. The van der Waals surface area contributed by atoms with Crippen LogP contribution in [0.1, 0.15) is 40.0 Å². The number of carboxylic acid groups (broad SMARTS) is 1. The summed E-state index contributed by atoms with van der Waals surface area (Å²) in [5.41, 5.74) is -2.32. The number of hydrogen-bond donors (Lipinski definition) is 3. The minimum atomic E-state index is -1.33. The first-order chi connectivity index (χ1) is 9.02. The van der Waals surface area contributed by atoms with E-state index >= 15 is 0 Å². The Balaban J connectivity index is 2.52. The third-order valence-electron chi connectivity index (χ3n) is 3.11. The lowest BCUT2D eigenvalue weighted by Gasteiger charge is -2.38. The highest BCUT2D eigenvalue weighted by Crippen LogP contribution is 2.27. The lowest BCUT2D eigenvalue weighted by molar-refractivity contribution is -0.130. The predicted molar refractivity (Wildman–Crippen MR) is 72.0 cm³/mol. The molecule has 0 saturated carbocycles. The number of nitrogens with one attached hydrogen (secondary N) is 1. The van der Waals surface area contributed by atoms with E-state index in [0.29, 0.717) is 0 Å². The van der Waals surface area contributed by atoms with Gasteiger partial charge in [-0.3, -0.25) is 5.41 Å². The number of hydrogen-bond acceptors (Lipinski definition) is 5. The molecule has 114 valence electrons. The van der Waals surface area contributed by atoms with Crippen molar-refractivity contribution in [1.29, 1.82) is 5.41 Å². The molecule has 0 aliphatic carbocycles. The molecule has 1 heterocycles. The predicted octanol–water partition coefficient (Wildman–Crippen LogP) is 1.24. The molecule has 20 heavy (non-hydrogen) atoms. The average Bonchev–Trinajstić information content (AvgIpc) is 2.26. The second-order valence-electron chi connectivity index (χ2n) is 6.15. The lowest BCUT2D eigenvalue weighted by Crippen LogP contribution is -2.49. The number of carbonyl (C=O) groups excluding carboxylic acids is 1. The van der Waals surface area contributed by atoms with Gasteiger partial charge in [-0.15, -0.1) is 0 Å². The Hall–Kier alpha value is -1.63. The topological polar surface area (TPSA) is 111 Å². The monoisotopic (exact) mass is 286 g/mol. The molecule has 1 aliphatic rings. The molecule has 7 heteroatoms. The highest BCUT2D eigenvalue weighted by molar-refractivity contribution is 6.34. The maximum atomic E-state index is 11.8. The van der Waals surface area contributed by atoms with E-state index in [1.807, 2.05) is 0 Å². The van der Waals surface area contributed by atoms with Crippen LogP contribution in [0, 0.1) is 5.41 Å². The van der Waals surface area contributed by atoms with Gasteiger partial charge in [0.2, 0.25) is 0 Å². The SMILES string of the molecule is CC(C)(C)OC(=O)N1CCC(O)(CC(=N)C(=O)O)CC1. The molecule has 0 radical (unpaired) electrons. The molecule has 0 bridgehead atoms. The summed E-state index contributed by atoms with van der Waals surface area (Å²) in [7, 11) is 0. The molecule has 0 aromatic rings. The Labute approximate surface area is 118 Å². The molecular formula is C13H22N2O5. The number of carbonyl (C=O) groups is 2. The Kier molecular flexibility index (Phi) is 4.75. The van der Waals surface area contributed by atoms with Crippen molar-refractivity contribution >= 4 is 17.8 Å². The standard InChI is InChI=1S/C13H22N2O5/c1-12(2,3)20-11(18)15-6-4-13(19,5-7-15)8-9(14)10(16)17/h14,19H,4-8H2,1-3H3,(H,16,17).